The number of anilines is 2. The molecule has 0 spiro atoms. The summed E-state index contributed by atoms with van der Waals surface area (Å²) >= 11 is 0. The summed E-state index contributed by atoms with van der Waals surface area (Å²) in [7, 11) is 0. The van der Waals surface area contributed by atoms with Crippen molar-refractivity contribution < 1.29 is 5.11 Å². The van der Waals surface area contributed by atoms with E-state index in [0.717, 1.165) is 18.4 Å². The second-order valence-electron chi connectivity index (χ2n) is 5.37. The van der Waals surface area contributed by atoms with Crippen LogP contribution in [0.4, 0.5) is 11.9 Å². The molecule has 1 aromatic heterocycles. The van der Waals surface area contributed by atoms with Crippen molar-refractivity contribution in [3.8, 4) is 17.1 Å². The third-order valence-electron chi connectivity index (χ3n) is 3.72. The lowest BCUT2D eigenvalue weighted by Gasteiger charge is -2.22. The van der Waals surface area contributed by atoms with Crippen LogP contribution in [0.1, 0.15) is 32.1 Å². The number of phenols is 1. The molecular formula is C15H19N5O. The summed E-state index contributed by atoms with van der Waals surface area (Å²) in [5, 5.41) is 12.7. The molecule has 4 N–H and O–H groups in total. The molecule has 110 valence electrons. The van der Waals surface area contributed by atoms with Crippen LogP contribution in [0.25, 0.3) is 11.4 Å². The summed E-state index contributed by atoms with van der Waals surface area (Å²) in [6.45, 7) is 0. The second-order valence-corrected chi connectivity index (χ2v) is 5.37. The number of nitrogen functional groups attached to an aromatic ring is 1. The number of nitrogens with one attached hydrogen (secondary N) is 1. The van der Waals surface area contributed by atoms with E-state index in [1.165, 1.54) is 19.3 Å². The topological polar surface area (TPSA) is 97.0 Å². The van der Waals surface area contributed by atoms with Crippen LogP contribution in [0.2, 0.25) is 0 Å². The Hall–Kier alpha value is -2.37. The van der Waals surface area contributed by atoms with Gasteiger partial charge < -0.3 is 16.2 Å². The number of phenolic OH excluding ortho intramolecular Hbond substituents is 1. The lowest BCUT2D eigenvalue weighted by molar-refractivity contribution is 0.461. The largest absolute Gasteiger partial charge is 0.508 e. The lowest BCUT2D eigenvalue weighted by atomic mass is 9.96. The molecule has 1 saturated carbocycles. The van der Waals surface area contributed by atoms with Crippen LogP contribution in [0.5, 0.6) is 5.75 Å². The van der Waals surface area contributed by atoms with Crippen molar-refractivity contribution in [2.45, 2.75) is 38.1 Å². The molecular weight excluding hydrogens is 266 g/mol. The number of aromatic nitrogens is 3. The summed E-state index contributed by atoms with van der Waals surface area (Å²) in [5.41, 5.74) is 6.58. The highest BCUT2D eigenvalue weighted by Gasteiger charge is 2.15. The maximum absolute atomic E-state index is 9.34. The van der Waals surface area contributed by atoms with Crippen LogP contribution in [0.3, 0.4) is 0 Å². The lowest BCUT2D eigenvalue weighted by Crippen LogP contribution is -2.24. The Kier molecular flexibility index (Phi) is 3.85. The van der Waals surface area contributed by atoms with Gasteiger partial charge in [0.15, 0.2) is 5.82 Å². The highest BCUT2D eigenvalue weighted by atomic mass is 16.3. The molecule has 0 bridgehead atoms. The first-order valence-electron chi connectivity index (χ1n) is 7.28. The van der Waals surface area contributed by atoms with Crippen LogP contribution in [-0.2, 0) is 0 Å². The molecule has 0 unspecified atom stereocenters. The van der Waals surface area contributed by atoms with Gasteiger partial charge >= 0.3 is 0 Å². The molecule has 0 amide bonds. The van der Waals surface area contributed by atoms with Gasteiger partial charge in [-0.2, -0.15) is 15.0 Å². The number of hydrogen-bond acceptors (Lipinski definition) is 6. The van der Waals surface area contributed by atoms with Crippen molar-refractivity contribution in [3.63, 3.8) is 0 Å². The predicted octanol–water partition coefficient (Wildman–Crippen LogP) is 2.57. The van der Waals surface area contributed by atoms with Crippen LogP contribution >= 0.6 is 0 Å². The van der Waals surface area contributed by atoms with E-state index < -0.39 is 0 Å². The molecule has 1 aromatic carbocycles. The standard InChI is InChI=1S/C15H19N5O/c16-14-18-13(10-6-8-12(21)9-7-10)19-15(20-14)17-11-4-2-1-3-5-11/h6-9,11,21H,1-5H2,(H3,16,17,18,19,20). The molecule has 1 aliphatic rings. The molecule has 0 saturated heterocycles. The van der Waals surface area contributed by atoms with Crippen LogP contribution in [-0.4, -0.2) is 26.1 Å². The maximum Gasteiger partial charge on any atom is 0.228 e. The molecule has 2 aromatic rings. The minimum atomic E-state index is 0.200. The highest BCUT2D eigenvalue weighted by molar-refractivity contribution is 5.58. The SMILES string of the molecule is Nc1nc(NC2CCCCC2)nc(-c2ccc(O)cc2)n1. The van der Waals surface area contributed by atoms with E-state index in [2.05, 4.69) is 20.3 Å². The molecule has 21 heavy (non-hydrogen) atoms. The quantitative estimate of drug-likeness (QED) is 0.802. The van der Waals surface area contributed by atoms with Gasteiger partial charge in [0.1, 0.15) is 5.75 Å². The Bertz CT molecular complexity index is 608. The highest BCUT2D eigenvalue weighted by Crippen LogP contribution is 2.23. The molecule has 0 aliphatic heterocycles. The van der Waals surface area contributed by atoms with Gasteiger partial charge in [0.2, 0.25) is 11.9 Å². The van der Waals surface area contributed by atoms with Crippen LogP contribution in [0, 0.1) is 0 Å². The summed E-state index contributed by atoms with van der Waals surface area (Å²) in [6.07, 6.45) is 6.06. The van der Waals surface area contributed by atoms with Crippen LogP contribution < -0.4 is 11.1 Å². The number of rotatable bonds is 3. The third-order valence-corrected chi connectivity index (χ3v) is 3.72. The zero-order chi connectivity index (χ0) is 14.7. The summed E-state index contributed by atoms with van der Waals surface area (Å²) in [6, 6.07) is 7.13. The minimum absolute atomic E-state index is 0.200. The fourth-order valence-electron chi connectivity index (χ4n) is 2.63. The molecule has 0 radical (unpaired) electrons. The first-order valence-corrected chi connectivity index (χ1v) is 7.28. The first-order chi connectivity index (χ1) is 10.2. The van der Waals surface area contributed by atoms with E-state index in [9.17, 15) is 5.11 Å². The Balaban J connectivity index is 1.83. The normalized spacial score (nSPS) is 15.8. The summed E-state index contributed by atoms with van der Waals surface area (Å²) < 4.78 is 0. The van der Waals surface area contributed by atoms with Gasteiger partial charge in [-0.3, -0.25) is 0 Å². The fraction of sp³-hybridized carbons (Fsp3) is 0.400. The zero-order valence-electron chi connectivity index (χ0n) is 11.8. The van der Waals surface area contributed by atoms with E-state index in [4.69, 9.17) is 5.73 Å². The molecule has 1 aliphatic carbocycles. The van der Waals surface area contributed by atoms with Crippen molar-refractivity contribution in [3.05, 3.63) is 24.3 Å². The van der Waals surface area contributed by atoms with E-state index >= 15 is 0 Å². The van der Waals surface area contributed by atoms with Gasteiger partial charge in [-0.05, 0) is 37.1 Å². The van der Waals surface area contributed by atoms with Crippen molar-refractivity contribution >= 4 is 11.9 Å². The van der Waals surface area contributed by atoms with Gasteiger partial charge in [0.25, 0.3) is 0 Å². The Labute approximate surface area is 123 Å². The number of aromatic hydroxyl groups is 1. The summed E-state index contributed by atoms with van der Waals surface area (Å²) in [5.74, 6) is 1.45. The predicted molar refractivity (Wildman–Crippen MR) is 81.8 cm³/mol. The van der Waals surface area contributed by atoms with E-state index in [-0.39, 0.29) is 11.7 Å². The van der Waals surface area contributed by atoms with E-state index in [0.29, 0.717) is 17.8 Å². The van der Waals surface area contributed by atoms with Crippen molar-refractivity contribution in [2.75, 3.05) is 11.1 Å². The van der Waals surface area contributed by atoms with E-state index in [1.54, 1.807) is 24.3 Å². The van der Waals surface area contributed by atoms with Gasteiger partial charge in [0.05, 0.1) is 0 Å². The fourth-order valence-corrected chi connectivity index (χ4v) is 2.63. The van der Waals surface area contributed by atoms with Crippen molar-refractivity contribution in [2.24, 2.45) is 0 Å². The molecule has 1 fully saturated rings. The van der Waals surface area contributed by atoms with Crippen molar-refractivity contribution in [1.29, 1.82) is 0 Å². The summed E-state index contributed by atoms with van der Waals surface area (Å²) in [4.78, 5) is 12.8. The smallest absolute Gasteiger partial charge is 0.228 e. The molecule has 0 atom stereocenters. The van der Waals surface area contributed by atoms with E-state index in [1.807, 2.05) is 0 Å². The minimum Gasteiger partial charge on any atom is -0.508 e. The Morgan fingerprint density at radius 3 is 2.43 bits per heavy atom. The Morgan fingerprint density at radius 2 is 1.71 bits per heavy atom. The maximum atomic E-state index is 9.34. The number of nitrogens with two attached hydrogens (primary N) is 1. The van der Waals surface area contributed by atoms with Gasteiger partial charge in [-0.25, -0.2) is 0 Å². The number of benzene rings is 1. The average Bonchev–Trinajstić information content (AvgIpc) is 2.48. The number of nitrogens with zero attached hydrogens (tertiary/aromatic N) is 3. The first kappa shape index (κ1) is 13.6. The number of hydrogen-bond donors (Lipinski definition) is 3. The molecule has 1 heterocycles. The van der Waals surface area contributed by atoms with Crippen molar-refractivity contribution in [1.82, 2.24) is 15.0 Å². The molecule has 3 rings (SSSR count). The van der Waals surface area contributed by atoms with Gasteiger partial charge in [0, 0.05) is 11.6 Å². The Morgan fingerprint density at radius 1 is 1.00 bits per heavy atom. The molecule has 6 nitrogen and oxygen atoms in total. The zero-order valence-corrected chi connectivity index (χ0v) is 11.8. The monoisotopic (exact) mass is 285 g/mol. The third kappa shape index (κ3) is 3.39. The average molecular weight is 285 g/mol. The second kappa shape index (κ2) is 5.95. The van der Waals surface area contributed by atoms with Gasteiger partial charge in [-0.15, -0.1) is 0 Å². The van der Waals surface area contributed by atoms with Crippen LogP contribution in [0.15, 0.2) is 24.3 Å². The van der Waals surface area contributed by atoms with Gasteiger partial charge in [-0.1, -0.05) is 19.3 Å². The molecule has 6 heteroatoms.